The van der Waals surface area contributed by atoms with E-state index < -0.39 is 0 Å². The maximum atomic E-state index is 12.5. The second kappa shape index (κ2) is 7.70. The maximum absolute atomic E-state index is 12.5. The molecule has 3 rings (SSSR count). The van der Waals surface area contributed by atoms with Gasteiger partial charge in [-0.25, -0.2) is 0 Å². The number of aromatic hydroxyl groups is 2. The lowest BCUT2D eigenvalue weighted by Crippen LogP contribution is -2.46. The van der Waals surface area contributed by atoms with Crippen LogP contribution in [-0.2, 0) is 0 Å². The summed E-state index contributed by atoms with van der Waals surface area (Å²) in [5.41, 5.74) is 3.13. The molecule has 1 aliphatic rings. The first-order chi connectivity index (χ1) is 12.8. The van der Waals surface area contributed by atoms with Gasteiger partial charge in [0.25, 0.3) is 11.8 Å². The van der Waals surface area contributed by atoms with Gasteiger partial charge in [-0.3, -0.25) is 9.59 Å². The van der Waals surface area contributed by atoms with Gasteiger partial charge in [0.05, 0.1) is 0 Å². The van der Waals surface area contributed by atoms with Crippen molar-refractivity contribution >= 4 is 11.8 Å². The number of piperidine rings is 1. The van der Waals surface area contributed by atoms with Gasteiger partial charge in [0.15, 0.2) is 0 Å². The second-order valence-corrected chi connectivity index (χ2v) is 7.08. The number of nitrogens with one attached hydrogen (secondary N) is 1. The van der Waals surface area contributed by atoms with Crippen molar-refractivity contribution < 1.29 is 19.8 Å². The Labute approximate surface area is 158 Å². The molecular weight excluding hydrogens is 344 g/mol. The molecular formula is C21H24N2O4. The van der Waals surface area contributed by atoms with E-state index in [4.69, 9.17) is 0 Å². The van der Waals surface area contributed by atoms with E-state index in [1.807, 2.05) is 32.0 Å². The highest BCUT2D eigenvalue weighted by Gasteiger charge is 2.25. The summed E-state index contributed by atoms with van der Waals surface area (Å²) in [4.78, 5) is 26.7. The number of hydrogen-bond donors (Lipinski definition) is 3. The summed E-state index contributed by atoms with van der Waals surface area (Å²) in [6, 6.07) is 9.54. The predicted molar refractivity (Wildman–Crippen MR) is 102 cm³/mol. The molecule has 3 N–H and O–H groups in total. The van der Waals surface area contributed by atoms with Gasteiger partial charge < -0.3 is 20.4 Å². The van der Waals surface area contributed by atoms with Gasteiger partial charge in [-0.15, -0.1) is 0 Å². The molecule has 0 aromatic heterocycles. The van der Waals surface area contributed by atoms with Gasteiger partial charge in [0, 0.05) is 36.3 Å². The Bertz CT molecular complexity index is 850. The molecule has 0 saturated carbocycles. The van der Waals surface area contributed by atoms with Crippen LogP contribution in [0.2, 0.25) is 0 Å². The molecule has 6 nitrogen and oxygen atoms in total. The highest BCUT2D eigenvalue weighted by atomic mass is 16.3. The van der Waals surface area contributed by atoms with Crippen LogP contribution < -0.4 is 5.32 Å². The van der Waals surface area contributed by atoms with Crippen LogP contribution in [0.5, 0.6) is 11.5 Å². The first-order valence-corrected chi connectivity index (χ1v) is 9.04. The fourth-order valence-electron chi connectivity index (χ4n) is 3.28. The Morgan fingerprint density at radius 2 is 1.56 bits per heavy atom. The van der Waals surface area contributed by atoms with Crippen LogP contribution in [0.1, 0.15) is 44.7 Å². The number of nitrogens with zero attached hydrogens (tertiary/aromatic N) is 1. The summed E-state index contributed by atoms with van der Waals surface area (Å²) in [6.45, 7) is 5.01. The molecule has 142 valence electrons. The van der Waals surface area contributed by atoms with Crippen LogP contribution in [0.4, 0.5) is 0 Å². The van der Waals surface area contributed by atoms with E-state index in [0.29, 0.717) is 31.5 Å². The number of carbonyl (C=O) groups is 2. The number of aryl methyl sites for hydroxylation is 2. The van der Waals surface area contributed by atoms with Gasteiger partial charge in [-0.1, -0.05) is 6.07 Å². The first kappa shape index (κ1) is 18.8. The van der Waals surface area contributed by atoms with Crippen LogP contribution in [0, 0.1) is 13.8 Å². The number of amides is 2. The quantitative estimate of drug-likeness (QED) is 0.777. The van der Waals surface area contributed by atoms with Crippen LogP contribution in [0.3, 0.4) is 0 Å². The lowest BCUT2D eigenvalue weighted by molar-refractivity contribution is 0.0697. The highest BCUT2D eigenvalue weighted by molar-refractivity contribution is 5.95. The molecule has 0 spiro atoms. The number of phenols is 2. The van der Waals surface area contributed by atoms with Crippen LogP contribution in [-0.4, -0.2) is 46.1 Å². The molecule has 0 atom stereocenters. The Morgan fingerprint density at radius 1 is 0.926 bits per heavy atom. The standard InChI is InChI=1S/C21H24N2O4/c1-13-3-4-15(9-14(13)2)20(26)22-17-5-7-23(8-6-17)21(27)16-10-18(24)12-19(25)11-16/h3-4,9-12,17,24-25H,5-8H2,1-2H3,(H,22,26). The minimum absolute atomic E-state index is 0.0146. The molecule has 2 aromatic carbocycles. The van der Waals surface area contributed by atoms with Crippen LogP contribution in [0.15, 0.2) is 36.4 Å². The summed E-state index contributed by atoms with van der Waals surface area (Å²) < 4.78 is 0. The maximum Gasteiger partial charge on any atom is 0.254 e. The molecule has 1 fully saturated rings. The fraction of sp³-hybridized carbons (Fsp3) is 0.333. The van der Waals surface area contributed by atoms with Gasteiger partial charge in [0.2, 0.25) is 0 Å². The zero-order chi connectivity index (χ0) is 19.6. The van der Waals surface area contributed by atoms with E-state index in [1.165, 1.54) is 18.2 Å². The monoisotopic (exact) mass is 368 g/mol. The number of phenolic OH excluding ortho intramolecular Hbond substituents is 2. The minimum atomic E-state index is -0.236. The summed E-state index contributed by atoms with van der Waals surface area (Å²) in [6.07, 6.45) is 1.32. The molecule has 0 aliphatic carbocycles. The molecule has 0 radical (unpaired) electrons. The molecule has 0 unspecified atom stereocenters. The van der Waals surface area contributed by atoms with E-state index in [-0.39, 0.29) is 34.9 Å². The zero-order valence-electron chi connectivity index (χ0n) is 15.5. The average molecular weight is 368 g/mol. The molecule has 2 aromatic rings. The number of rotatable bonds is 3. The average Bonchev–Trinajstić information content (AvgIpc) is 2.63. The van der Waals surface area contributed by atoms with Crippen molar-refractivity contribution in [2.24, 2.45) is 0 Å². The third-order valence-corrected chi connectivity index (χ3v) is 5.04. The van der Waals surface area contributed by atoms with Crippen molar-refractivity contribution in [1.82, 2.24) is 10.2 Å². The van der Waals surface area contributed by atoms with E-state index in [1.54, 1.807) is 4.90 Å². The molecule has 1 heterocycles. The van der Waals surface area contributed by atoms with Crippen molar-refractivity contribution in [1.29, 1.82) is 0 Å². The summed E-state index contributed by atoms with van der Waals surface area (Å²) in [5.74, 6) is -0.622. The lowest BCUT2D eigenvalue weighted by Gasteiger charge is -2.32. The Morgan fingerprint density at radius 3 is 2.15 bits per heavy atom. The normalized spacial score (nSPS) is 14.8. The largest absolute Gasteiger partial charge is 0.508 e. The van der Waals surface area contributed by atoms with E-state index >= 15 is 0 Å². The van der Waals surface area contributed by atoms with Gasteiger partial charge in [0.1, 0.15) is 11.5 Å². The number of benzene rings is 2. The Hall–Kier alpha value is -3.02. The molecule has 1 saturated heterocycles. The summed E-state index contributed by atoms with van der Waals surface area (Å²) >= 11 is 0. The first-order valence-electron chi connectivity index (χ1n) is 9.04. The van der Waals surface area contributed by atoms with Gasteiger partial charge in [-0.2, -0.15) is 0 Å². The van der Waals surface area contributed by atoms with Gasteiger partial charge in [-0.05, 0) is 62.1 Å². The topological polar surface area (TPSA) is 89.9 Å². The van der Waals surface area contributed by atoms with Crippen molar-refractivity contribution in [3.05, 3.63) is 58.7 Å². The number of likely N-dealkylation sites (tertiary alicyclic amines) is 1. The Balaban J connectivity index is 1.57. The van der Waals surface area contributed by atoms with E-state index in [2.05, 4.69) is 5.32 Å². The Kier molecular flexibility index (Phi) is 5.35. The third-order valence-electron chi connectivity index (χ3n) is 5.04. The summed E-state index contributed by atoms with van der Waals surface area (Å²) in [5, 5.41) is 22.1. The summed E-state index contributed by atoms with van der Waals surface area (Å²) in [7, 11) is 0. The lowest BCUT2D eigenvalue weighted by atomic mass is 10.0. The molecule has 27 heavy (non-hydrogen) atoms. The van der Waals surface area contributed by atoms with Crippen LogP contribution >= 0.6 is 0 Å². The zero-order valence-corrected chi connectivity index (χ0v) is 15.5. The SMILES string of the molecule is Cc1ccc(C(=O)NC2CCN(C(=O)c3cc(O)cc(O)c3)CC2)cc1C. The minimum Gasteiger partial charge on any atom is -0.508 e. The smallest absolute Gasteiger partial charge is 0.254 e. The molecule has 6 heteroatoms. The van der Waals surface area contributed by atoms with Gasteiger partial charge >= 0.3 is 0 Å². The van der Waals surface area contributed by atoms with E-state index in [0.717, 1.165) is 11.1 Å². The van der Waals surface area contributed by atoms with Crippen molar-refractivity contribution in [3.63, 3.8) is 0 Å². The molecule has 2 amide bonds. The highest BCUT2D eigenvalue weighted by Crippen LogP contribution is 2.23. The third kappa shape index (κ3) is 4.39. The van der Waals surface area contributed by atoms with Crippen LogP contribution in [0.25, 0.3) is 0 Å². The predicted octanol–water partition coefficient (Wildman–Crippen LogP) is 2.75. The molecule has 0 bridgehead atoms. The number of carbonyl (C=O) groups excluding carboxylic acids is 2. The van der Waals surface area contributed by atoms with Crippen molar-refractivity contribution in [2.45, 2.75) is 32.7 Å². The van der Waals surface area contributed by atoms with Crippen molar-refractivity contribution in [2.75, 3.05) is 13.1 Å². The number of hydrogen-bond acceptors (Lipinski definition) is 4. The fourth-order valence-corrected chi connectivity index (χ4v) is 3.28. The van der Waals surface area contributed by atoms with E-state index in [9.17, 15) is 19.8 Å². The second-order valence-electron chi connectivity index (χ2n) is 7.08. The molecule has 1 aliphatic heterocycles. The van der Waals surface area contributed by atoms with Crippen molar-refractivity contribution in [3.8, 4) is 11.5 Å².